The molecule has 0 saturated carbocycles. The van der Waals surface area contributed by atoms with Crippen LogP contribution in [0.2, 0.25) is 0 Å². The van der Waals surface area contributed by atoms with E-state index in [0.717, 1.165) is 5.39 Å². The van der Waals surface area contributed by atoms with Crippen molar-refractivity contribution in [2.75, 3.05) is 0 Å². The predicted octanol–water partition coefficient (Wildman–Crippen LogP) is 2.13. The van der Waals surface area contributed by atoms with Crippen molar-refractivity contribution in [3.63, 3.8) is 0 Å². The van der Waals surface area contributed by atoms with Gasteiger partial charge in [0.15, 0.2) is 11.5 Å². The van der Waals surface area contributed by atoms with Gasteiger partial charge in [-0.3, -0.25) is 0 Å². The van der Waals surface area contributed by atoms with Crippen LogP contribution in [0.25, 0.3) is 27.9 Å². The number of aromatic carboxylic acids is 1. The number of halogens is 1. The summed E-state index contributed by atoms with van der Waals surface area (Å²) in [5.41, 5.74) is 1.14. The second kappa shape index (κ2) is 4.35. The zero-order valence-corrected chi connectivity index (χ0v) is 11.0. The van der Waals surface area contributed by atoms with Gasteiger partial charge in [0, 0.05) is 17.6 Å². The molecule has 3 aromatic heterocycles. The molecule has 22 heavy (non-hydrogen) atoms. The normalized spacial score (nSPS) is 11.3. The summed E-state index contributed by atoms with van der Waals surface area (Å²) in [4.78, 5) is 22.3. The van der Waals surface area contributed by atoms with Crippen molar-refractivity contribution in [3.05, 3.63) is 48.2 Å². The Morgan fingerprint density at radius 2 is 2.18 bits per heavy atom. The largest absolute Gasteiger partial charge is 0.478 e. The number of aromatic amines is 1. The van der Waals surface area contributed by atoms with Gasteiger partial charge < -0.3 is 10.1 Å². The van der Waals surface area contributed by atoms with E-state index in [1.807, 2.05) is 0 Å². The number of benzene rings is 1. The number of nitrogens with zero attached hydrogens (tertiary/aromatic N) is 4. The summed E-state index contributed by atoms with van der Waals surface area (Å²) in [6, 6.07) is 4.29. The molecule has 1 aromatic carbocycles. The number of nitrogens with one attached hydrogen (secondary N) is 1. The van der Waals surface area contributed by atoms with Gasteiger partial charge >= 0.3 is 5.97 Å². The fourth-order valence-corrected chi connectivity index (χ4v) is 2.32. The van der Waals surface area contributed by atoms with Crippen LogP contribution in [0.4, 0.5) is 4.39 Å². The van der Waals surface area contributed by atoms with Crippen molar-refractivity contribution in [2.24, 2.45) is 0 Å². The number of carboxylic acid groups (broad SMARTS) is 1. The van der Waals surface area contributed by atoms with E-state index in [-0.39, 0.29) is 11.1 Å². The first kappa shape index (κ1) is 12.5. The van der Waals surface area contributed by atoms with Gasteiger partial charge in [0.25, 0.3) is 0 Å². The van der Waals surface area contributed by atoms with Gasteiger partial charge in [-0.1, -0.05) is 0 Å². The number of carboxylic acids is 1. The van der Waals surface area contributed by atoms with Crippen LogP contribution in [-0.4, -0.2) is 35.8 Å². The van der Waals surface area contributed by atoms with Crippen LogP contribution in [0.5, 0.6) is 0 Å². The van der Waals surface area contributed by atoms with E-state index in [0.29, 0.717) is 17.0 Å². The molecule has 0 radical (unpaired) electrons. The van der Waals surface area contributed by atoms with Crippen molar-refractivity contribution in [1.29, 1.82) is 0 Å². The van der Waals surface area contributed by atoms with E-state index in [1.165, 1.54) is 29.2 Å². The molecule has 3 heterocycles. The minimum Gasteiger partial charge on any atom is -0.478 e. The molecule has 0 saturated heterocycles. The molecule has 0 bridgehead atoms. The van der Waals surface area contributed by atoms with Gasteiger partial charge in [-0.05, 0) is 12.1 Å². The van der Waals surface area contributed by atoms with Crippen LogP contribution in [0.15, 0.2) is 36.8 Å². The van der Waals surface area contributed by atoms with Gasteiger partial charge in [-0.25, -0.2) is 23.8 Å². The number of aromatic nitrogens is 5. The lowest BCUT2D eigenvalue weighted by Crippen LogP contribution is -2.02. The summed E-state index contributed by atoms with van der Waals surface area (Å²) in [6.07, 6.45) is 4.36. The highest BCUT2D eigenvalue weighted by Crippen LogP contribution is 2.20. The molecule has 4 rings (SSSR count). The highest BCUT2D eigenvalue weighted by Gasteiger charge is 2.15. The third kappa shape index (κ3) is 1.74. The topological polar surface area (TPSA) is 96.7 Å². The highest BCUT2D eigenvalue weighted by molar-refractivity contribution is 6.00. The zero-order valence-electron chi connectivity index (χ0n) is 11.0. The maximum atomic E-state index is 13.4. The van der Waals surface area contributed by atoms with E-state index in [2.05, 4.69) is 20.1 Å². The molecular formula is C14H8FN5O2. The monoisotopic (exact) mass is 297 g/mol. The number of H-pyrrole nitrogens is 1. The number of carbonyl (C=O) groups is 1. The maximum absolute atomic E-state index is 13.4. The molecule has 0 aliphatic rings. The summed E-state index contributed by atoms with van der Waals surface area (Å²) >= 11 is 0. The smallest absolute Gasteiger partial charge is 0.339 e. The van der Waals surface area contributed by atoms with Gasteiger partial charge in [0.2, 0.25) is 0 Å². The Balaban J connectivity index is 1.98. The Kier molecular flexibility index (Phi) is 2.46. The van der Waals surface area contributed by atoms with E-state index < -0.39 is 11.8 Å². The Bertz CT molecular complexity index is 1040. The summed E-state index contributed by atoms with van der Waals surface area (Å²) in [5.74, 6) is -1.18. The molecule has 0 aliphatic heterocycles. The molecule has 8 heteroatoms. The van der Waals surface area contributed by atoms with Gasteiger partial charge in [0.1, 0.15) is 16.9 Å². The van der Waals surface area contributed by atoms with E-state index in [4.69, 9.17) is 5.11 Å². The second-order valence-electron chi connectivity index (χ2n) is 4.69. The van der Waals surface area contributed by atoms with Crippen molar-refractivity contribution in [3.8, 4) is 5.82 Å². The molecule has 0 amide bonds. The van der Waals surface area contributed by atoms with Crippen molar-refractivity contribution in [2.45, 2.75) is 0 Å². The quantitative estimate of drug-likeness (QED) is 0.591. The van der Waals surface area contributed by atoms with Crippen molar-refractivity contribution >= 4 is 28.0 Å². The summed E-state index contributed by atoms with van der Waals surface area (Å²) in [6.45, 7) is 0. The van der Waals surface area contributed by atoms with Crippen LogP contribution < -0.4 is 0 Å². The lowest BCUT2D eigenvalue weighted by atomic mass is 10.2. The predicted molar refractivity (Wildman–Crippen MR) is 75.4 cm³/mol. The molecule has 7 nitrogen and oxygen atoms in total. The second-order valence-corrected chi connectivity index (χ2v) is 4.69. The van der Waals surface area contributed by atoms with Gasteiger partial charge in [0.05, 0.1) is 17.9 Å². The SMILES string of the molecule is O=C(O)c1c[nH]c2ncc(-n3ncc4ccc(F)cc43)nc12. The Hall–Kier alpha value is -3.29. The molecule has 0 unspecified atom stereocenters. The summed E-state index contributed by atoms with van der Waals surface area (Å²) < 4.78 is 14.8. The zero-order chi connectivity index (χ0) is 15.3. The first-order valence-corrected chi connectivity index (χ1v) is 6.34. The molecule has 2 N–H and O–H groups in total. The number of hydrogen-bond acceptors (Lipinski definition) is 4. The van der Waals surface area contributed by atoms with Crippen LogP contribution in [-0.2, 0) is 0 Å². The van der Waals surface area contributed by atoms with Crippen molar-refractivity contribution in [1.82, 2.24) is 24.7 Å². The first-order valence-electron chi connectivity index (χ1n) is 6.34. The fraction of sp³-hybridized carbons (Fsp3) is 0. The third-order valence-corrected chi connectivity index (χ3v) is 3.35. The first-order chi connectivity index (χ1) is 10.6. The summed E-state index contributed by atoms with van der Waals surface area (Å²) in [7, 11) is 0. The summed E-state index contributed by atoms with van der Waals surface area (Å²) in [5, 5.41) is 14.0. The maximum Gasteiger partial charge on any atom is 0.339 e. The van der Waals surface area contributed by atoms with Gasteiger partial charge in [-0.2, -0.15) is 5.10 Å². The molecule has 4 aromatic rings. The lowest BCUT2D eigenvalue weighted by Gasteiger charge is -2.02. The van der Waals surface area contributed by atoms with Crippen LogP contribution >= 0.6 is 0 Å². The fourth-order valence-electron chi connectivity index (χ4n) is 2.32. The van der Waals surface area contributed by atoms with E-state index in [1.54, 1.807) is 12.3 Å². The lowest BCUT2D eigenvalue weighted by molar-refractivity contribution is 0.0699. The number of rotatable bonds is 2. The van der Waals surface area contributed by atoms with E-state index >= 15 is 0 Å². The third-order valence-electron chi connectivity index (χ3n) is 3.35. The number of hydrogen-bond donors (Lipinski definition) is 2. The molecule has 0 aliphatic carbocycles. The molecular weight excluding hydrogens is 289 g/mol. The Morgan fingerprint density at radius 1 is 1.32 bits per heavy atom. The van der Waals surface area contributed by atoms with Crippen LogP contribution in [0, 0.1) is 5.82 Å². The van der Waals surface area contributed by atoms with E-state index in [9.17, 15) is 9.18 Å². The van der Waals surface area contributed by atoms with Crippen LogP contribution in [0.3, 0.4) is 0 Å². The standard InChI is InChI=1S/C14H8FN5O2/c15-8-2-1-7-4-18-20(10(7)3-8)11-6-17-13-12(19-11)9(5-16-13)14(21)22/h1-6H,(H,16,17)(H,21,22). The number of fused-ring (bicyclic) bond motifs is 2. The highest BCUT2D eigenvalue weighted by atomic mass is 19.1. The molecule has 0 fully saturated rings. The molecule has 0 spiro atoms. The molecule has 0 atom stereocenters. The minimum absolute atomic E-state index is 0.0204. The minimum atomic E-state index is -1.10. The van der Waals surface area contributed by atoms with Crippen LogP contribution in [0.1, 0.15) is 10.4 Å². The molecule has 108 valence electrons. The average Bonchev–Trinajstić information content (AvgIpc) is 3.09. The van der Waals surface area contributed by atoms with Gasteiger partial charge in [-0.15, -0.1) is 0 Å². The van der Waals surface area contributed by atoms with Crippen molar-refractivity contribution < 1.29 is 14.3 Å². The Morgan fingerprint density at radius 3 is 3.00 bits per heavy atom. The average molecular weight is 297 g/mol. The Labute approximate surface area is 122 Å².